The molecule has 2 saturated heterocycles. The number of rotatable bonds is 4. The highest BCUT2D eigenvalue weighted by molar-refractivity contribution is 5.94. The number of hydrogen-bond acceptors (Lipinski definition) is 6. The molecule has 0 saturated carbocycles. The molecule has 0 bridgehead atoms. The number of carbonyl (C=O) groups is 1. The maximum absolute atomic E-state index is 13.1. The summed E-state index contributed by atoms with van der Waals surface area (Å²) in [4.78, 5) is 25.2. The van der Waals surface area contributed by atoms with E-state index in [2.05, 4.69) is 14.9 Å². The zero-order chi connectivity index (χ0) is 18.6. The van der Waals surface area contributed by atoms with Gasteiger partial charge in [0, 0.05) is 44.0 Å². The molecule has 0 radical (unpaired) electrons. The summed E-state index contributed by atoms with van der Waals surface area (Å²) in [6.07, 6.45) is 3.82. The first-order chi connectivity index (χ1) is 13.2. The maximum Gasteiger partial charge on any atom is 0.257 e. The molecular formula is C19H21FN4O3. The van der Waals surface area contributed by atoms with Gasteiger partial charge < -0.3 is 19.3 Å². The van der Waals surface area contributed by atoms with Crippen LogP contribution >= 0.6 is 0 Å². The average Bonchev–Trinajstić information content (AvgIpc) is 3.18. The summed E-state index contributed by atoms with van der Waals surface area (Å²) in [5, 5.41) is 0. The van der Waals surface area contributed by atoms with Gasteiger partial charge in [0.1, 0.15) is 11.9 Å². The lowest BCUT2D eigenvalue weighted by molar-refractivity contribution is 0.0771. The lowest BCUT2D eigenvalue weighted by atomic mass is 10.2. The lowest BCUT2D eigenvalue weighted by Crippen LogP contribution is -2.37. The van der Waals surface area contributed by atoms with Crippen LogP contribution in [0.1, 0.15) is 16.8 Å². The summed E-state index contributed by atoms with van der Waals surface area (Å²) in [6.45, 7) is 3.85. The quantitative estimate of drug-likeness (QED) is 0.815. The predicted octanol–water partition coefficient (Wildman–Crippen LogP) is 1.75. The second kappa shape index (κ2) is 7.87. The third kappa shape index (κ3) is 4.00. The van der Waals surface area contributed by atoms with E-state index in [1.807, 2.05) is 0 Å². The molecule has 4 rings (SSSR count). The molecule has 2 aromatic rings. The molecule has 1 amide bonds. The number of anilines is 1. The summed E-state index contributed by atoms with van der Waals surface area (Å²) in [5.41, 5.74) is 0.477. The Kier molecular flexibility index (Phi) is 5.15. The minimum Gasteiger partial charge on any atom is -0.470 e. The van der Waals surface area contributed by atoms with Crippen LogP contribution in [-0.2, 0) is 4.74 Å². The first-order valence-corrected chi connectivity index (χ1v) is 9.06. The van der Waals surface area contributed by atoms with Gasteiger partial charge in [0.15, 0.2) is 5.82 Å². The van der Waals surface area contributed by atoms with E-state index < -0.39 is 0 Å². The maximum atomic E-state index is 13.1. The van der Waals surface area contributed by atoms with E-state index in [4.69, 9.17) is 9.47 Å². The summed E-state index contributed by atoms with van der Waals surface area (Å²) in [5.74, 6) is 0.728. The molecule has 142 valence electrons. The number of hydrogen-bond donors (Lipinski definition) is 0. The van der Waals surface area contributed by atoms with E-state index in [1.54, 1.807) is 17.3 Å². The van der Waals surface area contributed by atoms with Gasteiger partial charge in [-0.25, -0.2) is 14.4 Å². The number of morpholine rings is 1. The van der Waals surface area contributed by atoms with Crippen molar-refractivity contribution in [2.75, 3.05) is 44.3 Å². The first-order valence-electron chi connectivity index (χ1n) is 9.06. The zero-order valence-electron chi connectivity index (χ0n) is 14.9. The Morgan fingerprint density at radius 1 is 1.11 bits per heavy atom. The molecule has 0 N–H and O–H groups in total. The lowest BCUT2D eigenvalue weighted by Gasteiger charge is -2.29. The first kappa shape index (κ1) is 17.7. The average molecular weight is 372 g/mol. The van der Waals surface area contributed by atoms with Gasteiger partial charge in [-0.3, -0.25) is 4.79 Å². The largest absolute Gasteiger partial charge is 0.470 e. The SMILES string of the molecule is O=C(c1ccc(F)cc1)N1CCC(Oc2nccnc2N2CCOCC2)C1. The van der Waals surface area contributed by atoms with Gasteiger partial charge in [-0.05, 0) is 24.3 Å². The van der Waals surface area contributed by atoms with Crippen molar-refractivity contribution in [3.8, 4) is 5.88 Å². The molecule has 2 fully saturated rings. The van der Waals surface area contributed by atoms with Crippen molar-refractivity contribution < 1.29 is 18.7 Å². The highest BCUT2D eigenvalue weighted by Crippen LogP contribution is 2.26. The molecule has 3 heterocycles. The highest BCUT2D eigenvalue weighted by atomic mass is 19.1. The smallest absolute Gasteiger partial charge is 0.257 e. The van der Waals surface area contributed by atoms with Crippen LogP contribution in [0.2, 0.25) is 0 Å². The molecule has 1 unspecified atom stereocenters. The minimum absolute atomic E-state index is 0.117. The van der Waals surface area contributed by atoms with Gasteiger partial charge in [0.25, 0.3) is 11.8 Å². The van der Waals surface area contributed by atoms with E-state index in [0.29, 0.717) is 50.0 Å². The van der Waals surface area contributed by atoms with Crippen molar-refractivity contribution in [3.63, 3.8) is 0 Å². The van der Waals surface area contributed by atoms with Crippen molar-refractivity contribution in [3.05, 3.63) is 48.0 Å². The molecule has 1 aromatic heterocycles. The van der Waals surface area contributed by atoms with Crippen LogP contribution in [0.25, 0.3) is 0 Å². The van der Waals surface area contributed by atoms with Gasteiger partial charge >= 0.3 is 0 Å². The third-order valence-corrected chi connectivity index (χ3v) is 4.76. The van der Waals surface area contributed by atoms with Crippen LogP contribution in [0.15, 0.2) is 36.7 Å². The van der Waals surface area contributed by atoms with Crippen molar-refractivity contribution in [2.24, 2.45) is 0 Å². The molecule has 27 heavy (non-hydrogen) atoms. The van der Waals surface area contributed by atoms with Crippen LogP contribution in [-0.4, -0.2) is 66.3 Å². The molecule has 0 spiro atoms. The Balaban J connectivity index is 1.41. The van der Waals surface area contributed by atoms with E-state index in [1.165, 1.54) is 24.3 Å². The van der Waals surface area contributed by atoms with E-state index in [9.17, 15) is 9.18 Å². The Bertz CT molecular complexity index is 796. The van der Waals surface area contributed by atoms with Crippen molar-refractivity contribution in [1.82, 2.24) is 14.9 Å². The van der Waals surface area contributed by atoms with Crippen LogP contribution in [0.3, 0.4) is 0 Å². The van der Waals surface area contributed by atoms with Gasteiger partial charge in [-0.2, -0.15) is 0 Å². The zero-order valence-corrected chi connectivity index (χ0v) is 14.9. The number of ether oxygens (including phenoxy) is 2. The van der Waals surface area contributed by atoms with E-state index in [-0.39, 0.29) is 17.8 Å². The van der Waals surface area contributed by atoms with Crippen molar-refractivity contribution in [2.45, 2.75) is 12.5 Å². The normalized spacial score (nSPS) is 20.0. The van der Waals surface area contributed by atoms with Gasteiger partial charge in [0.2, 0.25) is 0 Å². The fourth-order valence-electron chi connectivity index (χ4n) is 3.33. The van der Waals surface area contributed by atoms with Crippen molar-refractivity contribution in [1.29, 1.82) is 0 Å². The standard InChI is InChI=1S/C19H21FN4O3/c20-15-3-1-14(2-4-15)19(25)24-8-5-16(13-24)27-18-17(21-6-7-22-18)23-9-11-26-12-10-23/h1-4,6-7,16H,5,8-13H2. The molecule has 2 aliphatic rings. The predicted molar refractivity (Wildman–Crippen MR) is 96.4 cm³/mol. The van der Waals surface area contributed by atoms with Gasteiger partial charge in [-0.1, -0.05) is 0 Å². The number of benzene rings is 1. The van der Waals surface area contributed by atoms with Gasteiger partial charge in [0.05, 0.1) is 19.8 Å². The second-order valence-corrected chi connectivity index (χ2v) is 6.57. The molecule has 2 aliphatic heterocycles. The number of nitrogens with zero attached hydrogens (tertiary/aromatic N) is 4. The number of halogens is 1. The molecular weight excluding hydrogens is 351 g/mol. The summed E-state index contributed by atoms with van der Waals surface area (Å²) < 4.78 is 24.5. The Morgan fingerprint density at radius 2 is 1.85 bits per heavy atom. The van der Waals surface area contributed by atoms with Crippen LogP contribution in [0.5, 0.6) is 5.88 Å². The summed E-state index contributed by atoms with van der Waals surface area (Å²) in [7, 11) is 0. The Hall–Kier alpha value is -2.74. The van der Waals surface area contributed by atoms with Gasteiger partial charge in [-0.15, -0.1) is 0 Å². The minimum atomic E-state index is -0.354. The highest BCUT2D eigenvalue weighted by Gasteiger charge is 2.30. The summed E-state index contributed by atoms with van der Waals surface area (Å²) in [6, 6.07) is 5.60. The molecule has 0 aliphatic carbocycles. The Labute approximate surface area is 156 Å². The molecule has 1 aromatic carbocycles. The third-order valence-electron chi connectivity index (χ3n) is 4.76. The number of aromatic nitrogens is 2. The van der Waals surface area contributed by atoms with Crippen LogP contribution in [0.4, 0.5) is 10.2 Å². The summed E-state index contributed by atoms with van der Waals surface area (Å²) >= 11 is 0. The van der Waals surface area contributed by atoms with Crippen LogP contribution in [0, 0.1) is 5.82 Å². The molecule has 8 heteroatoms. The van der Waals surface area contributed by atoms with E-state index in [0.717, 1.165) is 13.1 Å². The Morgan fingerprint density at radius 3 is 2.63 bits per heavy atom. The molecule has 7 nitrogen and oxygen atoms in total. The number of amides is 1. The van der Waals surface area contributed by atoms with Crippen molar-refractivity contribution >= 4 is 11.7 Å². The number of likely N-dealkylation sites (tertiary alicyclic amines) is 1. The monoisotopic (exact) mass is 372 g/mol. The fourth-order valence-corrected chi connectivity index (χ4v) is 3.33. The van der Waals surface area contributed by atoms with Crippen LogP contribution < -0.4 is 9.64 Å². The van der Waals surface area contributed by atoms with E-state index >= 15 is 0 Å². The topological polar surface area (TPSA) is 67.8 Å². The number of carbonyl (C=O) groups excluding carboxylic acids is 1. The second-order valence-electron chi connectivity index (χ2n) is 6.57. The fraction of sp³-hybridized carbons (Fsp3) is 0.421. The molecule has 1 atom stereocenters.